The molecule has 5 aliphatic heterocycles. The van der Waals surface area contributed by atoms with Crippen molar-refractivity contribution in [1.82, 2.24) is 0 Å². The van der Waals surface area contributed by atoms with Crippen molar-refractivity contribution in [2.24, 2.45) is 50.2 Å². The van der Waals surface area contributed by atoms with Crippen molar-refractivity contribution in [1.29, 1.82) is 0 Å². The molecule has 0 aromatic carbocycles. The normalized spacial score (nSPS) is 51.6. The van der Waals surface area contributed by atoms with Crippen molar-refractivity contribution in [2.45, 2.75) is 300 Å². The molecule has 29 heteroatoms. The fraction of sp³-hybridized carbons (Fsp3) is 0.906. The Bertz CT molecular complexity index is 2770. The molecule has 0 unspecified atom stereocenters. The van der Waals surface area contributed by atoms with Crippen molar-refractivity contribution in [2.75, 3.05) is 13.2 Å². The molecule has 33 atom stereocenters. The van der Waals surface area contributed by atoms with E-state index in [1.165, 1.54) is 13.8 Å². The molecule has 2 bridgehead atoms. The number of allylic oxidation sites excluding steroid dienone is 1. The zero-order chi connectivity index (χ0) is 68.5. The highest BCUT2D eigenvalue weighted by atomic mass is 16.8. The van der Waals surface area contributed by atoms with Crippen LogP contribution in [0.1, 0.15) is 141 Å². The van der Waals surface area contributed by atoms with Gasteiger partial charge < -0.3 is 123 Å². The molecule has 1 spiro atoms. The minimum Gasteiger partial charge on any atom is -0.479 e. The van der Waals surface area contributed by atoms with Crippen LogP contribution in [0.15, 0.2) is 11.6 Å². The highest BCUT2D eigenvalue weighted by Gasteiger charge is 2.86. The quantitative estimate of drug-likeness (QED) is 0.0385. The molecule has 13 N–H and O–H groups in total. The molecule has 5 heterocycles. The number of carbonyl (C=O) groups excluding carboxylic acids is 3. The van der Waals surface area contributed by atoms with E-state index in [0.29, 0.717) is 44.1 Å². The average molecular weight is 1330 g/mol. The number of carboxylic acids is 1. The molecule has 10 fully saturated rings. The van der Waals surface area contributed by atoms with E-state index >= 15 is 0 Å². The molecule has 29 nitrogen and oxygen atoms in total. The maximum absolute atomic E-state index is 13.8. The Balaban J connectivity index is 0.991. The first-order chi connectivity index (χ1) is 43.4. The van der Waals surface area contributed by atoms with Gasteiger partial charge in [0.2, 0.25) is 0 Å². The summed E-state index contributed by atoms with van der Waals surface area (Å²) in [5.74, 6) is -4.51. The number of hydrogen-bond donors (Lipinski definition) is 13. The van der Waals surface area contributed by atoms with E-state index < -0.39 is 235 Å². The maximum atomic E-state index is 13.8. The van der Waals surface area contributed by atoms with Crippen LogP contribution in [0.2, 0.25) is 0 Å². The van der Waals surface area contributed by atoms with E-state index in [9.17, 15) is 85.6 Å². The van der Waals surface area contributed by atoms with Gasteiger partial charge in [-0.25, -0.2) is 9.59 Å². The van der Waals surface area contributed by atoms with Gasteiger partial charge in [-0.3, -0.25) is 9.59 Å². The van der Waals surface area contributed by atoms with Gasteiger partial charge in [0.15, 0.2) is 43.7 Å². The van der Waals surface area contributed by atoms with Crippen molar-refractivity contribution in [3.63, 3.8) is 0 Å². The summed E-state index contributed by atoms with van der Waals surface area (Å²) in [4.78, 5) is 54.4. The number of rotatable bonds is 16. The first kappa shape index (κ1) is 72.5. The number of fused-ring (bicyclic) bond motifs is 4. The first-order valence-corrected chi connectivity index (χ1v) is 32.8. The third-order valence-electron chi connectivity index (χ3n) is 24.6. The van der Waals surface area contributed by atoms with Crippen LogP contribution >= 0.6 is 0 Å². The van der Waals surface area contributed by atoms with Crippen molar-refractivity contribution < 1.29 is 142 Å². The molecule has 10 rings (SSSR count). The van der Waals surface area contributed by atoms with E-state index in [4.69, 9.17) is 56.8 Å². The second-order valence-corrected chi connectivity index (χ2v) is 30.0. The molecule has 0 aromatic heterocycles. The second-order valence-electron chi connectivity index (χ2n) is 30.0. The summed E-state index contributed by atoms with van der Waals surface area (Å²) in [6.45, 7) is 20.3. The first-order valence-electron chi connectivity index (χ1n) is 32.8. The van der Waals surface area contributed by atoms with Crippen LogP contribution in [-0.4, -0.2) is 263 Å². The molecule has 5 saturated carbocycles. The van der Waals surface area contributed by atoms with Crippen molar-refractivity contribution >= 4 is 23.9 Å². The number of aliphatic hydroxyl groups is 12. The molecule has 0 amide bonds. The van der Waals surface area contributed by atoms with Crippen LogP contribution in [0, 0.1) is 50.2 Å². The summed E-state index contributed by atoms with van der Waals surface area (Å²) in [5, 5.41) is 145. The van der Waals surface area contributed by atoms with Gasteiger partial charge in [0.1, 0.15) is 103 Å². The van der Waals surface area contributed by atoms with Crippen LogP contribution in [0.4, 0.5) is 0 Å². The Morgan fingerprint density at radius 3 is 1.73 bits per heavy atom. The average Bonchev–Trinajstić information content (AvgIpc) is 1.59. The van der Waals surface area contributed by atoms with E-state index in [2.05, 4.69) is 20.8 Å². The van der Waals surface area contributed by atoms with Crippen LogP contribution in [-0.2, 0) is 76.0 Å². The van der Waals surface area contributed by atoms with Crippen molar-refractivity contribution in [3.8, 4) is 0 Å². The van der Waals surface area contributed by atoms with Gasteiger partial charge in [-0.1, -0.05) is 61.5 Å². The summed E-state index contributed by atoms with van der Waals surface area (Å²) in [7, 11) is 0. The third-order valence-corrected chi connectivity index (χ3v) is 24.6. The Morgan fingerprint density at radius 1 is 0.559 bits per heavy atom. The number of hydrogen-bond acceptors (Lipinski definition) is 28. The molecule has 0 radical (unpaired) electrons. The van der Waals surface area contributed by atoms with Gasteiger partial charge in [-0.15, -0.1) is 0 Å². The molecule has 5 saturated heterocycles. The highest BCUT2D eigenvalue weighted by Crippen LogP contribution is 2.82. The molecular formula is C64H100O29. The predicted octanol–water partition coefficient (Wildman–Crippen LogP) is -0.922. The lowest BCUT2D eigenvalue weighted by atomic mass is 9.30. The zero-order valence-electron chi connectivity index (χ0n) is 54.9. The second kappa shape index (κ2) is 26.1. The molecule has 530 valence electrons. The van der Waals surface area contributed by atoms with Gasteiger partial charge in [-0.2, -0.15) is 0 Å². The molecule has 93 heavy (non-hydrogen) atoms. The van der Waals surface area contributed by atoms with Crippen LogP contribution < -0.4 is 0 Å². The smallest absolute Gasteiger partial charge is 0.335 e. The number of carboxylic acid groups (broad SMARTS) is 1. The number of ether oxygens (including phenoxy) is 12. The third kappa shape index (κ3) is 11.4. The predicted molar refractivity (Wildman–Crippen MR) is 312 cm³/mol. The maximum Gasteiger partial charge on any atom is 0.335 e. The summed E-state index contributed by atoms with van der Waals surface area (Å²) < 4.78 is 75.8. The van der Waals surface area contributed by atoms with Gasteiger partial charge in [0.25, 0.3) is 0 Å². The lowest BCUT2D eigenvalue weighted by Crippen LogP contribution is -2.77. The van der Waals surface area contributed by atoms with Gasteiger partial charge in [0.05, 0.1) is 31.0 Å². The molecule has 10 aliphatic rings. The molecule has 0 aromatic rings. The fourth-order valence-electron chi connectivity index (χ4n) is 19.4. The molecule has 5 aliphatic carbocycles. The van der Waals surface area contributed by atoms with Gasteiger partial charge in [-0.05, 0) is 100 Å². The number of aliphatic carboxylic acids is 1. The topological polar surface area (TPSA) is 442 Å². The standard InChI is InChI=1S/C64H100O29/c1-13-25(3)52(80)92-49-50(87-35(68)14-2)64-32(21-58(49,6)7)63(93-57(64)81)20-16-31-60(10)18-17-33(59(8,9)30(60)15-19-61(31,11)62(63,12)22-34(64)83-27(5)67)86-56-48(91-54-43(76)40(73)37(70)28(23-65)84-54)45(44(77)46(89-56)51(78)79)88-55-47(41(74)38(71)29(24-66)85-55)90-53-42(75)39(72)36(69)26(4)82-53/h13,26,28-34,36-50,53-57,65-66,69-77,81H,14-24H2,1-12H3,(H,78,79)/b25-13-/t26-,28-,29-,30+,31-,32+,33+,34+,36-,37+,38+,39+,40+,41+,42+,43+,44-,45+,46+,47+,48+,49+,50+,53+,54-,55-,56-,57-,60-,61+,62-,63-,64+/m1/s1. The SMILES string of the molecule is C/C=C(/C)C(=O)O[C@H]1[C@H](OC(=O)CC)[C@@]23[C@H](O)O[C@]4(CC[C@@H]5[C@]6(C)CC[C@H](O[C@@H]7O[C@H](C(=O)O)[C@H](O)[C@H](O[C@H]8O[C@H](CO)[C@H](O)[C@H](O)[C@@H]8O[C@@H]8O[C@H](C)[C@@H](O)[C@H](O)[C@@H]8O)[C@@H]7O[C@H]7O[C@H](CO)[C@H](O)[C@H](O)[C@@H]7O)C(C)(C)[C@@H]6CC[C@]5(C)[C@@]4(C)C[C@@H]2OC(C)=O)[C@@H]3CC1(C)C. The lowest BCUT2D eigenvalue weighted by molar-refractivity contribution is -0.406. The molecular weight excluding hydrogens is 1230 g/mol. The van der Waals surface area contributed by atoms with E-state index in [0.717, 1.165) is 0 Å². The van der Waals surface area contributed by atoms with Crippen LogP contribution in [0.25, 0.3) is 0 Å². The summed E-state index contributed by atoms with van der Waals surface area (Å²) in [6.07, 6.45) is -39.5. The Labute approximate surface area is 539 Å². The minimum atomic E-state index is -2.31. The van der Waals surface area contributed by atoms with E-state index in [1.807, 2.05) is 27.7 Å². The number of aliphatic hydroxyl groups excluding tert-OH is 12. The zero-order valence-corrected chi connectivity index (χ0v) is 54.9. The Kier molecular flexibility index (Phi) is 20.4. The van der Waals surface area contributed by atoms with Gasteiger partial charge >= 0.3 is 23.9 Å². The number of esters is 3. The highest BCUT2D eigenvalue weighted by molar-refractivity contribution is 5.88. The fourth-order valence-corrected chi connectivity index (χ4v) is 19.4. The Morgan fingerprint density at radius 2 is 1.13 bits per heavy atom. The lowest BCUT2D eigenvalue weighted by Gasteiger charge is -2.75. The summed E-state index contributed by atoms with van der Waals surface area (Å²) in [5.41, 5.74) is -6.14. The Hall–Kier alpha value is -3.22. The van der Waals surface area contributed by atoms with Crippen molar-refractivity contribution in [3.05, 3.63) is 11.6 Å². The monoisotopic (exact) mass is 1330 g/mol. The summed E-state index contributed by atoms with van der Waals surface area (Å²) >= 11 is 0. The van der Waals surface area contributed by atoms with E-state index in [1.54, 1.807) is 26.8 Å². The van der Waals surface area contributed by atoms with Crippen LogP contribution in [0.3, 0.4) is 0 Å². The largest absolute Gasteiger partial charge is 0.479 e. The number of carbonyl (C=O) groups is 4. The summed E-state index contributed by atoms with van der Waals surface area (Å²) in [6, 6.07) is 0. The van der Waals surface area contributed by atoms with Gasteiger partial charge in [0, 0.05) is 35.7 Å². The van der Waals surface area contributed by atoms with Crippen LogP contribution in [0.5, 0.6) is 0 Å². The minimum absolute atomic E-state index is 0.0428. The van der Waals surface area contributed by atoms with E-state index in [-0.39, 0.29) is 31.1 Å².